The second kappa shape index (κ2) is 7.28. The van der Waals surface area contributed by atoms with E-state index in [4.69, 9.17) is 4.74 Å². The number of piperazine rings is 1. The molecule has 0 saturated carbocycles. The maximum absolute atomic E-state index is 12.2. The Labute approximate surface area is 115 Å². The number of carbonyl (C=O) groups is 2. The number of nitrogens with one attached hydrogen (secondary N) is 1. The van der Waals surface area contributed by atoms with Gasteiger partial charge in [-0.2, -0.15) is 0 Å². The minimum Gasteiger partial charge on any atom is -0.375 e. The SMILES string of the molecule is C=C(C)COCCN1C(=O)C(CCC)NC(=O)C1C. The number of rotatable bonds is 7. The van der Waals surface area contributed by atoms with Crippen molar-refractivity contribution in [1.82, 2.24) is 10.2 Å². The largest absolute Gasteiger partial charge is 0.375 e. The lowest BCUT2D eigenvalue weighted by molar-refractivity contribution is -0.149. The second-order valence-corrected chi connectivity index (χ2v) is 5.07. The lowest BCUT2D eigenvalue weighted by atomic mass is 10.0. The summed E-state index contributed by atoms with van der Waals surface area (Å²) in [6, 6.07) is -0.802. The van der Waals surface area contributed by atoms with Crippen molar-refractivity contribution in [2.24, 2.45) is 0 Å². The molecule has 108 valence electrons. The molecule has 0 aliphatic carbocycles. The van der Waals surface area contributed by atoms with Crippen LogP contribution in [0.1, 0.15) is 33.6 Å². The quantitative estimate of drug-likeness (QED) is 0.555. The summed E-state index contributed by atoms with van der Waals surface area (Å²) in [6.07, 6.45) is 1.55. The van der Waals surface area contributed by atoms with Crippen molar-refractivity contribution in [2.45, 2.75) is 45.7 Å². The lowest BCUT2D eigenvalue weighted by Gasteiger charge is -2.37. The molecule has 1 aliphatic rings. The molecule has 5 heteroatoms. The second-order valence-electron chi connectivity index (χ2n) is 5.07. The van der Waals surface area contributed by atoms with Crippen LogP contribution in [0.25, 0.3) is 0 Å². The van der Waals surface area contributed by atoms with Gasteiger partial charge in [0.25, 0.3) is 0 Å². The Bertz CT molecular complexity index is 355. The zero-order valence-electron chi connectivity index (χ0n) is 12.1. The van der Waals surface area contributed by atoms with Gasteiger partial charge in [0.1, 0.15) is 12.1 Å². The molecular formula is C14H24N2O3. The van der Waals surface area contributed by atoms with E-state index < -0.39 is 6.04 Å². The molecule has 0 aromatic carbocycles. The van der Waals surface area contributed by atoms with Crippen LogP contribution in [-0.2, 0) is 14.3 Å². The highest BCUT2D eigenvalue weighted by atomic mass is 16.5. The molecule has 2 unspecified atom stereocenters. The first-order chi connectivity index (χ1) is 8.97. The summed E-state index contributed by atoms with van der Waals surface area (Å²) in [6.45, 7) is 10.7. The van der Waals surface area contributed by atoms with Gasteiger partial charge in [-0.15, -0.1) is 0 Å². The molecule has 1 heterocycles. The van der Waals surface area contributed by atoms with Gasteiger partial charge in [0.2, 0.25) is 11.8 Å². The summed E-state index contributed by atoms with van der Waals surface area (Å²) in [4.78, 5) is 25.7. The monoisotopic (exact) mass is 268 g/mol. The minimum absolute atomic E-state index is 0.00660. The molecule has 0 aromatic heterocycles. The van der Waals surface area contributed by atoms with Gasteiger partial charge in [-0.25, -0.2) is 0 Å². The average molecular weight is 268 g/mol. The van der Waals surface area contributed by atoms with Crippen LogP contribution < -0.4 is 5.32 Å². The van der Waals surface area contributed by atoms with Gasteiger partial charge in [-0.05, 0) is 20.3 Å². The molecule has 1 N–H and O–H groups in total. The number of hydrogen-bond acceptors (Lipinski definition) is 3. The molecule has 1 aliphatic heterocycles. The Kier molecular flexibility index (Phi) is 6.02. The topological polar surface area (TPSA) is 58.6 Å². The number of hydrogen-bond donors (Lipinski definition) is 1. The van der Waals surface area contributed by atoms with E-state index in [9.17, 15) is 9.59 Å². The van der Waals surface area contributed by atoms with Gasteiger partial charge in [-0.1, -0.05) is 25.5 Å². The molecule has 19 heavy (non-hydrogen) atoms. The third-order valence-corrected chi connectivity index (χ3v) is 3.15. The Balaban J connectivity index is 2.54. The van der Waals surface area contributed by atoms with E-state index in [0.717, 1.165) is 12.0 Å². The Morgan fingerprint density at radius 2 is 2.16 bits per heavy atom. The maximum atomic E-state index is 12.2. The Morgan fingerprint density at radius 3 is 2.74 bits per heavy atom. The van der Waals surface area contributed by atoms with Crippen LogP contribution in [0.4, 0.5) is 0 Å². The van der Waals surface area contributed by atoms with E-state index in [1.54, 1.807) is 11.8 Å². The zero-order valence-corrected chi connectivity index (χ0v) is 12.1. The number of ether oxygens (including phenoxy) is 1. The fourth-order valence-electron chi connectivity index (χ4n) is 2.08. The molecule has 1 saturated heterocycles. The van der Waals surface area contributed by atoms with Crippen molar-refractivity contribution >= 4 is 11.8 Å². The van der Waals surface area contributed by atoms with Gasteiger partial charge in [0.05, 0.1) is 13.2 Å². The molecule has 0 spiro atoms. The summed E-state index contributed by atoms with van der Waals surface area (Å²) in [7, 11) is 0. The van der Waals surface area contributed by atoms with Crippen LogP contribution in [0.5, 0.6) is 0 Å². The first-order valence-electron chi connectivity index (χ1n) is 6.80. The van der Waals surface area contributed by atoms with Gasteiger partial charge in [0, 0.05) is 6.54 Å². The van der Waals surface area contributed by atoms with Gasteiger partial charge < -0.3 is 15.0 Å². The normalized spacial score (nSPS) is 23.4. The lowest BCUT2D eigenvalue weighted by Crippen LogP contribution is -2.62. The molecule has 0 radical (unpaired) electrons. The summed E-state index contributed by atoms with van der Waals surface area (Å²) in [5.74, 6) is -0.0918. The van der Waals surface area contributed by atoms with Crippen LogP contribution >= 0.6 is 0 Å². The molecule has 0 aromatic rings. The predicted molar refractivity (Wildman–Crippen MR) is 73.6 cm³/mol. The van der Waals surface area contributed by atoms with Crippen LogP contribution in [0.15, 0.2) is 12.2 Å². The first kappa shape index (κ1) is 15.7. The van der Waals surface area contributed by atoms with Gasteiger partial charge >= 0.3 is 0 Å². The van der Waals surface area contributed by atoms with Crippen LogP contribution in [-0.4, -0.2) is 48.6 Å². The Morgan fingerprint density at radius 1 is 1.47 bits per heavy atom. The number of nitrogens with zero attached hydrogens (tertiary/aromatic N) is 1. The van der Waals surface area contributed by atoms with Crippen molar-refractivity contribution in [3.63, 3.8) is 0 Å². The van der Waals surface area contributed by atoms with E-state index in [1.807, 2.05) is 13.8 Å². The number of carbonyl (C=O) groups excluding carboxylic acids is 2. The Hall–Kier alpha value is -1.36. The smallest absolute Gasteiger partial charge is 0.245 e. The van der Waals surface area contributed by atoms with Crippen LogP contribution in [0, 0.1) is 0 Å². The molecule has 1 rings (SSSR count). The number of amides is 2. The van der Waals surface area contributed by atoms with E-state index in [0.29, 0.717) is 26.2 Å². The summed E-state index contributed by atoms with van der Waals surface area (Å²) in [5, 5.41) is 2.77. The molecule has 0 bridgehead atoms. The third-order valence-electron chi connectivity index (χ3n) is 3.15. The molecule has 2 atom stereocenters. The molecular weight excluding hydrogens is 244 g/mol. The fraction of sp³-hybridized carbons (Fsp3) is 0.714. The zero-order chi connectivity index (χ0) is 14.4. The molecule has 5 nitrogen and oxygen atoms in total. The summed E-state index contributed by atoms with van der Waals surface area (Å²) >= 11 is 0. The van der Waals surface area contributed by atoms with Crippen molar-refractivity contribution in [1.29, 1.82) is 0 Å². The standard InChI is InChI=1S/C14H24N2O3/c1-5-6-12-14(18)16(11(4)13(17)15-12)7-8-19-9-10(2)3/h11-12H,2,5-9H2,1,3-4H3,(H,15,17). The minimum atomic E-state index is -0.422. The van der Waals surface area contributed by atoms with Gasteiger partial charge in [0.15, 0.2) is 0 Å². The van der Waals surface area contributed by atoms with Crippen LogP contribution in [0.2, 0.25) is 0 Å². The molecule has 2 amide bonds. The van der Waals surface area contributed by atoms with E-state index in [2.05, 4.69) is 11.9 Å². The van der Waals surface area contributed by atoms with E-state index in [1.165, 1.54) is 0 Å². The third kappa shape index (κ3) is 4.35. The molecule has 1 fully saturated rings. The van der Waals surface area contributed by atoms with Crippen molar-refractivity contribution < 1.29 is 14.3 Å². The first-order valence-corrected chi connectivity index (χ1v) is 6.80. The fourth-order valence-corrected chi connectivity index (χ4v) is 2.08. The van der Waals surface area contributed by atoms with E-state index >= 15 is 0 Å². The maximum Gasteiger partial charge on any atom is 0.245 e. The summed E-state index contributed by atoms with van der Waals surface area (Å²) in [5.41, 5.74) is 0.944. The summed E-state index contributed by atoms with van der Waals surface area (Å²) < 4.78 is 5.40. The van der Waals surface area contributed by atoms with Gasteiger partial charge in [-0.3, -0.25) is 9.59 Å². The van der Waals surface area contributed by atoms with Crippen molar-refractivity contribution in [3.05, 3.63) is 12.2 Å². The van der Waals surface area contributed by atoms with Crippen molar-refractivity contribution in [2.75, 3.05) is 19.8 Å². The van der Waals surface area contributed by atoms with Crippen molar-refractivity contribution in [3.8, 4) is 0 Å². The highest BCUT2D eigenvalue weighted by Crippen LogP contribution is 2.13. The van der Waals surface area contributed by atoms with Crippen LogP contribution in [0.3, 0.4) is 0 Å². The average Bonchev–Trinajstić information content (AvgIpc) is 2.35. The highest BCUT2D eigenvalue weighted by Gasteiger charge is 2.37. The van der Waals surface area contributed by atoms with E-state index in [-0.39, 0.29) is 17.9 Å². The predicted octanol–water partition coefficient (Wildman–Crippen LogP) is 1.09. The highest BCUT2D eigenvalue weighted by molar-refractivity contribution is 5.96.